The number of amides is 2. The van der Waals surface area contributed by atoms with Gasteiger partial charge in [-0.3, -0.25) is 4.90 Å². The van der Waals surface area contributed by atoms with Crippen LogP contribution in [0.1, 0.15) is 32.6 Å². The topological polar surface area (TPSA) is 121 Å². The zero-order chi connectivity index (χ0) is 24.9. The van der Waals surface area contributed by atoms with Gasteiger partial charge in [-0.2, -0.15) is 0 Å². The van der Waals surface area contributed by atoms with Gasteiger partial charge in [-0.25, -0.2) is 19.2 Å². The molecule has 0 aliphatic heterocycles. The minimum Gasteiger partial charge on any atom is -0.459 e. The Bertz CT molecular complexity index is 625. The van der Waals surface area contributed by atoms with Crippen LogP contribution in [0.5, 0.6) is 0 Å². The Morgan fingerprint density at radius 3 is 1.55 bits per heavy atom. The number of carbonyl (C=O) groups excluding carboxylic acids is 4. The monoisotopic (exact) mass is 472 g/mol. The molecule has 0 radical (unpaired) electrons. The molecule has 11 nitrogen and oxygen atoms in total. The number of nitrogens with zero attached hydrogens (tertiary/aromatic N) is 2. The lowest BCUT2D eigenvalue weighted by atomic mass is 10.2. The zero-order valence-electron chi connectivity index (χ0n) is 19.6. The quantitative estimate of drug-likeness (QED) is 0.0974. The molecular formula is C22H36N2O9. The van der Waals surface area contributed by atoms with E-state index in [1.54, 1.807) is 4.90 Å². The molecule has 0 heterocycles. The number of esters is 2. The van der Waals surface area contributed by atoms with Crippen LogP contribution in [0.25, 0.3) is 0 Å². The Labute approximate surface area is 195 Å². The molecule has 11 heteroatoms. The molecule has 0 saturated heterocycles. The molecule has 0 aromatic rings. The van der Waals surface area contributed by atoms with Crippen molar-refractivity contribution in [1.82, 2.24) is 9.80 Å². The first-order chi connectivity index (χ1) is 15.9. The van der Waals surface area contributed by atoms with E-state index in [9.17, 15) is 19.2 Å². The molecule has 0 aromatic heterocycles. The summed E-state index contributed by atoms with van der Waals surface area (Å²) in [6.45, 7) is 9.84. The van der Waals surface area contributed by atoms with E-state index in [4.69, 9.17) is 23.7 Å². The highest BCUT2D eigenvalue weighted by atomic mass is 16.6. The molecule has 2 amide bonds. The fourth-order valence-corrected chi connectivity index (χ4v) is 2.54. The van der Waals surface area contributed by atoms with Gasteiger partial charge < -0.3 is 28.6 Å². The summed E-state index contributed by atoms with van der Waals surface area (Å²) in [7, 11) is 1.48. The summed E-state index contributed by atoms with van der Waals surface area (Å²) in [5.74, 6) is -1.14. The number of ether oxygens (including phenoxy) is 5. The average Bonchev–Trinajstić information content (AvgIpc) is 2.82. The van der Waals surface area contributed by atoms with Crippen LogP contribution < -0.4 is 0 Å². The summed E-state index contributed by atoms with van der Waals surface area (Å²) >= 11 is 0. The van der Waals surface area contributed by atoms with Gasteiger partial charge in [0.05, 0.1) is 0 Å². The summed E-state index contributed by atoms with van der Waals surface area (Å²) in [4.78, 5) is 49.0. The van der Waals surface area contributed by atoms with Crippen LogP contribution in [0.3, 0.4) is 0 Å². The molecule has 0 aromatic carbocycles. The normalized spacial score (nSPS) is 10.0. The van der Waals surface area contributed by atoms with E-state index in [0.717, 1.165) is 37.8 Å². The molecule has 0 bridgehead atoms. The van der Waals surface area contributed by atoms with E-state index in [1.165, 1.54) is 12.0 Å². The SMILES string of the molecule is C=CC(=O)OCCOC(=O)N(CC)CCCCCCN(COC)C(=O)OCCOC(=O)C=C. The molecule has 33 heavy (non-hydrogen) atoms. The van der Waals surface area contributed by atoms with Crippen molar-refractivity contribution in [2.75, 3.05) is 59.9 Å². The van der Waals surface area contributed by atoms with Gasteiger partial charge in [0.25, 0.3) is 0 Å². The Morgan fingerprint density at radius 1 is 0.697 bits per heavy atom. The largest absolute Gasteiger partial charge is 0.459 e. The summed E-state index contributed by atoms with van der Waals surface area (Å²) in [5, 5.41) is 0. The van der Waals surface area contributed by atoms with Gasteiger partial charge in [0.2, 0.25) is 0 Å². The van der Waals surface area contributed by atoms with Gasteiger partial charge in [-0.15, -0.1) is 0 Å². The maximum Gasteiger partial charge on any atom is 0.411 e. The van der Waals surface area contributed by atoms with E-state index in [0.29, 0.717) is 19.6 Å². The maximum atomic E-state index is 12.1. The van der Waals surface area contributed by atoms with Crippen molar-refractivity contribution in [3.8, 4) is 0 Å². The summed E-state index contributed by atoms with van der Waals surface area (Å²) in [6.07, 6.45) is 4.27. The molecule has 0 aliphatic carbocycles. The Balaban J connectivity index is 4.06. The number of hydrogen-bond acceptors (Lipinski definition) is 9. The minimum absolute atomic E-state index is 0.0168. The Kier molecular flexibility index (Phi) is 17.8. The predicted octanol–water partition coefficient (Wildman–Crippen LogP) is 2.51. The van der Waals surface area contributed by atoms with Crippen LogP contribution in [0.15, 0.2) is 25.3 Å². The fraction of sp³-hybridized carbons (Fsp3) is 0.636. The van der Waals surface area contributed by atoms with E-state index in [1.807, 2.05) is 6.92 Å². The van der Waals surface area contributed by atoms with Crippen molar-refractivity contribution in [1.29, 1.82) is 0 Å². The van der Waals surface area contributed by atoms with Crippen LogP contribution in [0.4, 0.5) is 9.59 Å². The predicted molar refractivity (Wildman–Crippen MR) is 119 cm³/mol. The molecule has 0 fully saturated rings. The lowest BCUT2D eigenvalue weighted by Gasteiger charge is -2.22. The highest BCUT2D eigenvalue weighted by molar-refractivity contribution is 5.81. The summed E-state index contributed by atoms with van der Waals surface area (Å²) in [5.41, 5.74) is 0. The van der Waals surface area contributed by atoms with Crippen LogP contribution in [0, 0.1) is 0 Å². The third-order valence-electron chi connectivity index (χ3n) is 4.23. The number of rotatable bonds is 18. The first-order valence-electron chi connectivity index (χ1n) is 10.8. The fourth-order valence-electron chi connectivity index (χ4n) is 2.54. The lowest BCUT2D eigenvalue weighted by Crippen LogP contribution is -2.35. The van der Waals surface area contributed by atoms with E-state index >= 15 is 0 Å². The Hall–Kier alpha value is -3.08. The molecule has 188 valence electrons. The first-order valence-corrected chi connectivity index (χ1v) is 10.8. The van der Waals surface area contributed by atoms with Crippen molar-refractivity contribution in [2.24, 2.45) is 0 Å². The molecular weight excluding hydrogens is 436 g/mol. The standard InChI is InChI=1S/C22H36N2O9/c1-5-19(25)30-14-16-32-21(27)23(7-3)12-10-8-9-11-13-24(18-29-4)22(28)33-17-15-31-20(26)6-2/h5-6H,1-2,7-18H2,3-4H3. The lowest BCUT2D eigenvalue weighted by molar-refractivity contribution is -0.139. The molecule has 0 atom stereocenters. The van der Waals surface area contributed by atoms with Crippen LogP contribution >= 0.6 is 0 Å². The first kappa shape index (κ1) is 29.9. The van der Waals surface area contributed by atoms with E-state index < -0.39 is 24.1 Å². The number of carbonyl (C=O) groups is 4. The van der Waals surface area contributed by atoms with Crippen molar-refractivity contribution in [3.63, 3.8) is 0 Å². The second-order valence-corrected chi connectivity index (χ2v) is 6.65. The molecule has 0 aliphatic rings. The summed E-state index contributed by atoms with van der Waals surface area (Å²) in [6, 6.07) is 0. The zero-order valence-corrected chi connectivity index (χ0v) is 19.6. The van der Waals surface area contributed by atoms with Gasteiger partial charge in [0.1, 0.15) is 33.2 Å². The van der Waals surface area contributed by atoms with Crippen molar-refractivity contribution >= 4 is 24.1 Å². The van der Waals surface area contributed by atoms with Gasteiger partial charge in [-0.05, 0) is 19.8 Å². The maximum absolute atomic E-state index is 12.1. The number of methoxy groups -OCH3 is 1. The summed E-state index contributed by atoms with van der Waals surface area (Å²) < 4.78 is 24.7. The van der Waals surface area contributed by atoms with Crippen molar-refractivity contribution in [3.05, 3.63) is 25.3 Å². The molecule has 0 rings (SSSR count). The molecule has 0 N–H and O–H groups in total. The molecule has 0 unspecified atom stereocenters. The average molecular weight is 473 g/mol. The highest BCUT2D eigenvalue weighted by Crippen LogP contribution is 2.06. The molecule has 0 spiro atoms. The van der Waals surface area contributed by atoms with Gasteiger partial charge in [0, 0.05) is 38.9 Å². The molecule has 0 saturated carbocycles. The van der Waals surface area contributed by atoms with Crippen LogP contribution in [-0.4, -0.2) is 93.8 Å². The van der Waals surface area contributed by atoms with Gasteiger partial charge in [0.15, 0.2) is 0 Å². The third kappa shape index (κ3) is 15.4. The van der Waals surface area contributed by atoms with Crippen LogP contribution in [0.2, 0.25) is 0 Å². The van der Waals surface area contributed by atoms with E-state index in [-0.39, 0.29) is 33.2 Å². The minimum atomic E-state index is -0.580. The van der Waals surface area contributed by atoms with Gasteiger partial charge >= 0.3 is 24.1 Å². The van der Waals surface area contributed by atoms with Crippen LogP contribution in [-0.2, 0) is 33.3 Å². The third-order valence-corrected chi connectivity index (χ3v) is 4.23. The second-order valence-electron chi connectivity index (χ2n) is 6.65. The van der Waals surface area contributed by atoms with E-state index in [2.05, 4.69) is 13.2 Å². The number of unbranched alkanes of at least 4 members (excludes halogenated alkanes) is 3. The highest BCUT2D eigenvalue weighted by Gasteiger charge is 2.15. The number of hydrogen-bond donors (Lipinski definition) is 0. The smallest absolute Gasteiger partial charge is 0.411 e. The second kappa shape index (κ2) is 19.6. The van der Waals surface area contributed by atoms with Crippen molar-refractivity contribution < 1.29 is 42.9 Å². The van der Waals surface area contributed by atoms with Crippen molar-refractivity contribution in [2.45, 2.75) is 32.6 Å². The Morgan fingerprint density at radius 2 is 1.12 bits per heavy atom. The van der Waals surface area contributed by atoms with Gasteiger partial charge in [-0.1, -0.05) is 26.0 Å².